The van der Waals surface area contributed by atoms with Crippen molar-refractivity contribution in [3.8, 4) is 5.75 Å². The molecule has 0 N–H and O–H groups in total. The average Bonchev–Trinajstić information content (AvgIpc) is 2.76. The van der Waals surface area contributed by atoms with Crippen LogP contribution in [0.3, 0.4) is 0 Å². The van der Waals surface area contributed by atoms with Gasteiger partial charge in [-0.05, 0) is 38.2 Å². The molecule has 1 aliphatic rings. The minimum absolute atomic E-state index is 0.134. The Morgan fingerprint density at radius 2 is 2.21 bits per heavy atom. The Labute approximate surface area is 119 Å². The molecule has 3 nitrogen and oxygen atoms in total. The summed E-state index contributed by atoms with van der Waals surface area (Å²) < 4.78 is 11.2. The van der Waals surface area contributed by atoms with E-state index in [4.69, 9.17) is 9.47 Å². The Morgan fingerprint density at radius 3 is 2.79 bits per heavy atom. The van der Waals surface area contributed by atoms with E-state index >= 15 is 0 Å². The second-order valence-corrected chi connectivity index (χ2v) is 6.31. The molecule has 0 aromatic heterocycles. The molecular weight excluding hydrogens is 258 g/mol. The zero-order valence-corrected chi connectivity index (χ0v) is 12.8. The fourth-order valence-electron chi connectivity index (χ4n) is 1.92. The van der Waals surface area contributed by atoms with E-state index in [0.717, 1.165) is 34.3 Å². The number of methoxy groups -OCH3 is 1. The molecule has 2 rings (SSSR count). The second-order valence-electron chi connectivity index (χ2n) is 5.20. The lowest BCUT2D eigenvalue weighted by Crippen LogP contribution is -2.17. The molecule has 1 heterocycles. The van der Waals surface area contributed by atoms with Gasteiger partial charge in [0, 0.05) is 0 Å². The highest BCUT2D eigenvalue weighted by atomic mass is 32.2. The van der Waals surface area contributed by atoms with Crippen LogP contribution in [0.5, 0.6) is 5.75 Å². The minimum atomic E-state index is -0.134. The van der Waals surface area contributed by atoms with Crippen LogP contribution in [0, 0.1) is 0 Å². The van der Waals surface area contributed by atoms with Crippen LogP contribution in [0.1, 0.15) is 32.8 Å². The molecule has 0 atom stereocenters. The highest BCUT2D eigenvalue weighted by Crippen LogP contribution is 2.35. The molecule has 0 bridgehead atoms. The second kappa shape index (κ2) is 5.87. The van der Waals surface area contributed by atoms with Crippen molar-refractivity contribution in [3.63, 3.8) is 0 Å². The third kappa shape index (κ3) is 3.24. The predicted molar refractivity (Wildman–Crippen MR) is 80.6 cm³/mol. The lowest BCUT2D eigenvalue weighted by atomic mass is 10.1. The molecule has 0 saturated heterocycles. The molecule has 4 heteroatoms. The first-order valence-electron chi connectivity index (χ1n) is 6.60. The van der Waals surface area contributed by atoms with Gasteiger partial charge >= 0.3 is 0 Å². The number of benzene rings is 1. The number of nitrogens with zero attached hydrogens (tertiary/aromatic N) is 1. The van der Waals surface area contributed by atoms with Crippen molar-refractivity contribution >= 4 is 17.7 Å². The highest BCUT2D eigenvalue weighted by Gasteiger charge is 2.28. The van der Waals surface area contributed by atoms with E-state index < -0.39 is 0 Å². The summed E-state index contributed by atoms with van der Waals surface area (Å²) in [5.41, 5.74) is 0.911. The summed E-state index contributed by atoms with van der Waals surface area (Å²) >= 11 is 1.80. The summed E-state index contributed by atoms with van der Waals surface area (Å²) in [6, 6.07) is 6.03. The van der Waals surface area contributed by atoms with Crippen molar-refractivity contribution in [2.24, 2.45) is 4.99 Å². The van der Waals surface area contributed by atoms with E-state index in [0.29, 0.717) is 6.61 Å². The van der Waals surface area contributed by atoms with Crippen molar-refractivity contribution in [2.75, 3.05) is 19.5 Å². The SMILES string of the molecule is CCCSc1c(OC)cccc1C1=NC(C)(C)CO1. The number of thioether (sulfide) groups is 1. The molecule has 1 aliphatic heterocycles. The topological polar surface area (TPSA) is 30.8 Å². The first kappa shape index (κ1) is 14.3. The van der Waals surface area contributed by atoms with Gasteiger partial charge in [-0.15, -0.1) is 11.8 Å². The lowest BCUT2D eigenvalue weighted by molar-refractivity contribution is 0.279. The normalized spacial score (nSPS) is 16.9. The van der Waals surface area contributed by atoms with Gasteiger partial charge in [-0.2, -0.15) is 0 Å². The van der Waals surface area contributed by atoms with Crippen LogP contribution >= 0.6 is 11.8 Å². The molecule has 0 saturated carbocycles. The van der Waals surface area contributed by atoms with Gasteiger partial charge in [0.25, 0.3) is 0 Å². The maximum atomic E-state index is 5.76. The summed E-state index contributed by atoms with van der Waals surface area (Å²) in [6.45, 7) is 6.98. The maximum Gasteiger partial charge on any atom is 0.218 e. The van der Waals surface area contributed by atoms with Crippen LogP contribution in [0.25, 0.3) is 0 Å². The molecule has 0 fully saturated rings. The molecule has 19 heavy (non-hydrogen) atoms. The summed E-state index contributed by atoms with van der Waals surface area (Å²) in [5.74, 6) is 2.69. The van der Waals surface area contributed by atoms with Gasteiger partial charge in [-0.3, -0.25) is 0 Å². The predicted octanol–water partition coefficient (Wildman–Crippen LogP) is 3.75. The van der Waals surface area contributed by atoms with Gasteiger partial charge in [-0.1, -0.05) is 13.0 Å². The first-order chi connectivity index (χ1) is 9.07. The Hall–Kier alpha value is -1.16. The van der Waals surface area contributed by atoms with Gasteiger partial charge in [0.2, 0.25) is 5.90 Å². The van der Waals surface area contributed by atoms with E-state index in [2.05, 4.69) is 31.8 Å². The van der Waals surface area contributed by atoms with Crippen molar-refractivity contribution in [3.05, 3.63) is 23.8 Å². The Kier molecular flexibility index (Phi) is 4.40. The van der Waals surface area contributed by atoms with Crippen LogP contribution in [0.4, 0.5) is 0 Å². The standard InChI is InChI=1S/C15H21NO2S/c1-5-9-19-13-11(7-6-8-12(13)17-4)14-16-15(2,3)10-18-14/h6-8H,5,9-10H2,1-4H3. The Bertz CT molecular complexity index is 483. The van der Waals surface area contributed by atoms with Crippen LogP contribution in [-0.2, 0) is 4.74 Å². The lowest BCUT2D eigenvalue weighted by Gasteiger charge is -2.12. The smallest absolute Gasteiger partial charge is 0.218 e. The molecule has 0 spiro atoms. The van der Waals surface area contributed by atoms with E-state index in [-0.39, 0.29) is 5.54 Å². The van der Waals surface area contributed by atoms with Gasteiger partial charge in [0.15, 0.2) is 0 Å². The van der Waals surface area contributed by atoms with Gasteiger partial charge in [-0.25, -0.2) is 4.99 Å². The average molecular weight is 279 g/mol. The van der Waals surface area contributed by atoms with Crippen molar-refractivity contribution in [2.45, 2.75) is 37.6 Å². The first-order valence-corrected chi connectivity index (χ1v) is 7.59. The molecule has 1 aromatic rings. The minimum Gasteiger partial charge on any atom is -0.496 e. The van der Waals surface area contributed by atoms with E-state index in [1.54, 1.807) is 18.9 Å². The van der Waals surface area contributed by atoms with E-state index in [1.165, 1.54) is 0 Å². The zero-order chi connectivity index (χ0) is 13.9. The van der Waals surface area contributed by atoms with Gasteiger partial charge < -0.3 is 9.47 Å². The van der Waals surface area contributed by atoms with Gasteiger partial charge in [0.05, 0.1) is 23.1 Å². The summed E-state index contributed by atoms with van der Waals surface area (Å²) in [6.07, 6.45) is 1.13. The van der Waals surface area contributed by atoms with Gasteiger partial charge in [0.1, 0.15) is 12.4 Å². The van der Waals surface area contributed by atoms with Crippen molar-refractivity contribution in [1.82, 2.24) is 0 Å². The number of hydrogen-bond acceptors (Lipinski definition) is 4. The molecule has 0 aliphatic carbocycles. The molecule has 0 amide bonds. The largest absolute Gasteiger partial charge is 0.496 e. The monoisotopic (exact) mass is 279 g/mol. The Balaban J connectivity index is 2.39. The van der Waals surface area contributed by atoms with E-state index in [1.807, 2.05) is 12.1 Å². The number of aliphatic imine (C=N–C) groups is 1. The van der Waals surface area contributed by atoms with E-state index in [9.17, 15) is 0 Å². The third-order valence-electron chi connectivity index (χ3n) is 2.85. The highest BCUT2D eigenvalue weighted by molar-refractivity contribution is 7.99. The van der Waals surface area contributed by atoms with Crippen molar-refractivity contribution < 1.29 is 9.47 Å². The summed E-state index contributed by atoms with van der Waals surface area (Å²) in [7, 11) is 1.70. The third-order valence-corrected chi connectivity index (χ3v) is 4.17. The summed E-state index contributed by atoms with van der Waals surface area (Å²) in [4.78, 5) is 5.79. The number of rotatable bonds is 5. The fraction of sp³-hybridized carbons (Fsp3) is 0.533. The van der Waals surface area contributed by atoms with Crippen LogP contribution in [0.15, 0.2) is 28.1 Å². The quantitative estimate of drug-likeness (QED) is 0.769. The molecule has 0 radical (unpaired) electrons. The number of hydrogen-bond donors (Lipinski definition) is 0. The van der Waals surface area contributed by atoms with Crippen LogP contribution in [0.2, 0.25) is 0 Å². The fourth-order valence-corrected chi connectivity index (χ4v) is 2.93. The molecule has 104 valence electrons. The Morgan fingerprint density at radius 1 is 1.42 bits per heavy atom. The maximum absolute atomic E-state index is 5.76. The van der Waals surface area contributed by atoms with Crippen molar-refractivity contribution in [1.29, 1.82) is 0 Å². The number of ether oxygens (including phenoxy) is 2. The van der Waals surface area contributed by atoms with Crippen LogP contribution in [-0.4, -0.2) is 30.9 Å². The van der Waals surface area contributed by atoms with Crippen LogP contribution < -0.4 is 4.74 Å². The zero-order valence-electron chi connectivity index (χ0n) is 12.0. The molecular formula is C15H21NO2S. The molecule has 1 aromatic carbocycles. The summed E-state index contributed by atoms with van der Waals surface area (Å²) in [5, 5.41) is 0. The molecule has 0 unspecified atom stereocenters.